The maximum atomic E-state index is 10.2. The Morgan fingerprint density at radius 2 is 2.33 bits per heavy atom. The smallest absolute Gasteiger partial charge is 0.341 e. The Hall–Kier alpha value is -1.08. The highest BCUT2D eigenvalue weighted by Gasteiger charge is 2.01. The zero-order chi connectivity index (χ0) is 7.28. The lowest BCUT2D eigenvalue weighted by atomic mass is 10.2. The predicted molar refractivity (Wildman–Crippen MR) is 34.8 cm³/mol. The van der Waals surface area contributed by atoms with E-state index in [2.05, 4.69) is 10.9 Å². The molecule has 0 rings (SSSR count). The minimum absolute atomic E-state index is 0.220. The quantitative estimate of drug-likeness (QED) is 0.438. The molecule has 0 aliphatic carbocycles. The molecule has 0 unspecified atom stereocenters. The molecule has 0 aromatic heterocycles. The van der Waals surface area contributed by atoms with Gasteiger partial charge in [-0.1, -0.05) is 6.92 Å². The molecule has 1 N–H and O–H groups in total. The molecule has 0 fully saturated rings. The van der Waals surface area contributed by atoms with E-state index >= 15 is 0 Å². The number of hydrogen-bond acceptors (Lipinski definition) is 2. The van der Waals surface area contributed by atoms with Crippen LogP contribution < -0.4 is 0 Å². The maximum absolute atomic E-state index is 10.2. The molecule has 0 saturated heterocycles. The van der Waals surface area contributed by atoms with E-state index in [1.165, 1.54) is 7.05 Å². The van der Waals surface area contributed by atoms with Crippen LogP contribution in [0.25, 0.3) is 0 Å². The predicted octanol–water partition coefficient (Wildman–Crippen LogP) is 0.707. The first kappa shape index (κ1) is 7.92. The lowest BCUT2D eigenvalue weighted by Gasteiger charge is -1.87. The van der Waals surface area contributed by atoms with Crippen LogP contribution in [0.2, 0.25) is 0 Å². The zero-order valence-corrected chi connectivity index (χ0v) is 5.51. The molecule has 0 aromatic rings. The van der Waals surface area contributed by atoms with Gasteiger partial charge >= 0.3 is 5.97 Å². The summed E-state index contributed by atoms with van der Waals surface area (Å²) < 4.78 is 0. The summed E-state index contributed by atoms with van der Waals surface area (Å²) in [7, 11) is 1.50. The molecule has 0 aliphatic rings. The third kappa shape index (κ3) is 2.67. The van der Waals surface area contributed by atoms with Crippen molar-refractivity contribution >= 4 is 11.8 Å². The zero-order valence-electron chi connectivity index (χ0n) is 5.51. The van der Waals surface area contributed by atoms with Gasteiger partial charge in [0, 0.05) is 7.05 Å². The first-order valence-corrected chi connectivity index (χ1v) is 2.66. The molecule has 0 atom stereocenters. The highest BCUT2D eigenvalue weighted by atomic mass is 16.4. The molecule has 9 heavy (non-hydrogen) atoms. The van der Waals surface area contributed by atoms with Crippen LogP contribution >= 0.6 is 0 Å². The van der Waals surface area contributed by atoms with Crippen LogP contribution in [-0.2, 0) is 4.79 Å². The van der Waals surface area contributed by atoms with Crippen LogP contribution in [0.1, 0.15) is 13.3 Å². The van der Waals surface area contributed by atoms with E-state index in [9.17, 15) is 4.79 Å². The van der Waals surface area contributed by atoms with Crippen LogP contribution in [0, 0.1) is 0 Å². The lowest BCUT2D eigenvalue weighted by Crippen LogP contribution is -1.99. The third-order valence-electron chi connectivity index (χ3n) is 0.858. The van der Waals surface area contributed by atoms with Gasteiger partial charge < -0.3 is 5.11 Å². The van der Waals surface area contributed by atoms with Crippen LogP contribution in [0.15, 0.2) is 10.6 Å². The Kier molecular flexibility index (Phi) is 3.40. The fourth-order valence-corrected chi connectivity index (χ4v) is 0.413. The molecule has 50 valence electrons. The molecular formula is C6H9NO2. The summed E-state index contributed by atoms with van der Waals surface area (Å²) in [5, 5.41) is 8.34. The topological polar surface area (TPSA) is 49.7 Å². The number of carboxylic acids is 1. The molecule has 3 nitrogen and oxygen atoms in total. The Labute approximate surface area is 53.7 Å². The Morgan fingerprint density at radius 1 is 1.78 bits per heavy atom. The summed E-state index contributed by atoms with van der Waals surface area (Å²) in [6, 6.07) is 0. The molecule has 0 bridgehead atoms. The van der Waals surface area contributed by atoms with Crippen LogP contribution in [-0.4, -0.2) is 24.0 Å². The van der Waals surface area contributed by atoms with Crippen molar-refractivity contribution in [3.05, 3.63) is 5.57 Å². The van der Waals surface area contributed by atoms with Gasteiger partial charge in [0.05, 0.1) is 5.57 Å². The number of rotatable bonds is 2. The second-order valence-corrected chi connectivity index (χ2v) is 1.47. The summed E-state index contributed by atoms with van der Waals surface area (Å²) in [5.41, 5.74) is 0.220. The van der Waals surface area contributed by atoms with Crippen molar-refractivity contribution in [2.24, 2.45) is 4.99 Å². The van der Waals surface area contributed by atoms with Crippen molar-refractivity contribution in [1.82, 2.24) is 0 Å². The second-order valence-electron chi connectivity index (χ2n) is 1.47. The average Bonchev–Trinajstić information content (AvgIpc) is 1.82. The minimum atomic E-state index is -0.942. The third-order valence-corrected chi connectivity index (χ3v) is 0.858. The van der Waals surface area contributed by atoms with Crippen LogP contribution in [0.5, 0.6) is 0 Å². The highest BCUT2D eigenvalue weighted by Crippen LogP contribution is 1.92. The number of nitrogens with zero attached hydrogens (tertiary/aromatic N) is 1. The average molecular weight is 127 g/mol. The SMILES string of the molecule is CCC(=C=NC)C(=O)O. The van der Waals surface area contributed by atoms with E-state index in [1.54, 1.807) is 6.92 Å². The summed E-state index contributed by atoms with van der Waals surface area (Å²) >= 11 is 0. The Bertz CT molecular complexity index is 166. The molecule has 0 amide bonds. The van der Waals surface area contributed by atoms with Gasteiger partial charge in [0.15, 0.2) is 0 Å². The van der Waals surface area contributed by atoms with Crippen molar-refractivity contribution in [1.29, 1.82) is 0 Å². The van der Waals surface area contributed by atoms with Crippen molar-refractivity contribution in [2.45, 2.75) is 13.3 Å². The first-order valence-electron chi connectivity index (χ1n) is 2.66. The molecule has 0 spiro atoms. The normalized spacial score (nSPS) is 7.78. The van der Waals surface area contributed by atoms with Crippen molar-refractivity contribution in [2.75, 3.05) is 7.05 Å². The number of carboxylic acid groups (broad SMARTS) is 1. The van der Waals surface area contributed by atoms with E-state index < -0.39 is 5.97 Å². The molecule has 0 heterocycles. The van der Waals surface area contributed by atoms with Gasteiger partial charge in [-0.3, -0.25) is 0 Å². The van der Waals surface area contributed by atoms with E-state index in [1.807, 2.05) is 0 Å². The second kappa shape index (κ2) is 3.87. The van der Waals surface area contributed by atoms with E-state index in [-0.39, 0.29) is 5.57 Å². The van der Waals surface area contributed by atoms with Gasteiger partial charge in [-0.2, -0.15) is 0 Å². The van der Waals surface area contributed by atoms with Crippen molar-refractivity contribution in [3.63, 3.8) is 0 Å². The minimum Gasteiger partial charge on any atom is -0.477 e. The lowest BCUT2D eigenvalue weighted by molar-refractivity contribution is -0.132. The van der Waals surface area contributed by atoms with E-state index in [4.69, 9.17) is 5.11 Å². The van der Waals surface area contributed by atoms with Gasteiger partial charge in [0.2, 0.25) is 0 Å². The fraction of sp³-hybridized carbons (Fsp3) is 0.500. The monoisotopic (exact) mass is 127 g/mol. The van der Waals surface area contributed by atoms with Crippen molar-refractivity contribution in [3.8, 4) is 0 Å². The van der Waals surface area contributed by atoms with E-state index in [0.29, 0.717) is 6.42 Å². The van der Waals surface area contributed by atoms with Crippen LogP contribution in [0.3, 0.4) is 0 Å². The molecular weight excluding hydrogens is 118 g/mol. The number of aliphatic carboxylic acids is 1. The summed E-state index contributed by atoms with van der Waals surface area (Å²) in [6.45, 7) is 1.75. The summed E-state index contributed by atoms with van der Waals surface area (Å²) in [4.78, 5) is 13.6. The molecule has 0 radical (unpaired) electrons. The molecule has 0 saturated carbocycles. The van der Waals surface area contributed by atoms with Gasteiger partial charge in [0.1, 0.15) is 0 Å². The fourth-order valence-electron chi connectivity index (χ4n) is 0.413. The number of carbonyl (C=O) groups is 1. The van der Waals surface area contributed by atoms with Crippen molar-refractivity contribution < 1.29 is 9.90 Å². The standard InChI is InChI=1S/C6H9NO2/c1-3-5(4-7-2)6(8)9/h3H2,1-2H3,(H,8,9). The number of aliphatic imine (C=N–C) groups is 1. The largest absolute Gasteiger partial charge is 0.477 e. The van der Waals surface area contributed by atoms with Gasteiger partial charge in [0.25, 0.3) is 0 Å². The highest BCUT2D eigenvalue weighted by molar-refractivity contribution is 5.96. The maximum Gasteiger partial charge on any atom is 0.341 e. The van der Waals surface area contributed by atoms with E-state index in [0.717, 1.165) is 0 Å². The summed E-state index contributed by atoms with van der Waals surface area (Å²) in [6.07, 6.45) is 0.465. The van der Waals surface area contributed by atoms with Gasteiger partial charge in [-0.05, 0) is 12.3 Å². The molecule has 0 aliphatic heterocycles. The molecule has 3 heteroatoms. The van der Waals surface area contributed by atoms with Gasteiger partial charge in [-0.15, -0.1) is 0 Å². The Balaban J connectivity index is 4.35. The van der Waals surface area contributed by atoms with Crippen LogP contribution in [0.4, 0.5) is 0 Å². The Morgan fingerprint density at radius 3 is 2.44 bits per heavy atom. The number of hydrogen-bond donors (Lipinski definition) is 1. The first-order chi connectivity index (χ1) is 4.22. The van der Waals surface area contributed by atoms with Gasteiger partial charge in [-0.25, -0.2) is 9.79 Å². The molecule has 0 aromatic carbocycles. The summed E-state index contributed by atoms with van der Waals surface area (Å²) in [5.74, 6) is 1.43.